The van der Waals surface area contributed by atoms with Crippen LogP contribution in [0.25, 0.3) is 0 Å². The molecule has 2 heterocycles. The Labute approximate surface area is 94.8 Å². The zero-order valence-corrected chi connectivity index (χ0v) is 10.2. The number of nitrogens with zero attached hydrogens (tertiary/aromatic N) is 3. The molecule has 15 heavy (non-hydrogen) atoms. The van der Waals surface area contributed by atoms with Crippen molar-refractivity contribution in [2.75, 3.05) is 18.8 Å². The van der Waals surface area contributed by atoms with Crippen molar-refractivity contribution in [2.45, 2.75) is 30.8 Å². The van der Waals surface area contributed by atoms with Gasteiger partial charge in [0.15, 0.2) is 5.16 Å². The molecule has 4 nitrogen and oxygen atoms in total. The van der Waals surface area contributed by atoms with E-state index < -0.39 is 0 Å². The highest BCUT2D eigenvalue weighted by Gasteiger charge is 2.21. The number of nitrogens with one attached hydrogen (secondary N) is 1. The summed E-state index contributed by atoms with van der Waals surface area (Å²) in [7, 11) is 2.07. The van der Waals surface area contributed by atoms with Gasteiger partial charge in [-0.05, 0) is 25.1 Å². The summed E-state index contributed by atoms with van der Waals surface area (Å²) < 4.78 is 2.14. The van der Waals surface area contributed by atoms with Crippen molar-refractivity contribution >= 4 is 11.8 Å². The van der Waals surface area contributed by atoms with Gasteiger partial charge < -0.3 is 9.88 Å². The number of aromatic nitrogens is 3. The lowest BCUT2D eigenvalue weighted by atomic mass is 9.99. The van der Waals surface area contributed by atoms with Crippen molar-refractivity contribution in [1.29, 1.82) is 0 Å². The highest BCUT2D eigenvalue weighted by molar-refractivity contribution is 7.99. The number of hydrogen-bond donors (Lipinski definition) is 1. The Morgan fingerprint density at radius 2 is 2.40 bits per heavy atom. The quantitative estimate of drug-likeness (QED) is 0.791. The third-order valence-corrected chi connectivity index (χ3v) is 3.71. The first-order chi connectivity index (χ1) is 7.33. The summed E-state index contributed by atoms with van der Waals surface area (Å²) in [5.41, 5.74) is 0. The van der Waals surface area contributed by atoms with Gasteiger partial charge in [-0.15, -0.1) is 10.2 Å². The fourth-order valence-corrected chi connectivity index (χ4v) is 2.65. The van der Waals surface area contributed by atoms with Crippen LogP contribution in [0.1, 0.15) is 31.5 Å². The Kier molecular flexibility index (Phi) is 3.64. The number of thioether (sulfide) groups is 1. The number of piperidine rings is 1. The lowest BCUT2D eigenvalue weighted by molar-refractivity contribution is 0.436. The van der Waals surface area contributed by atoms with Gasteiger partial charge in [0.2, 0.25) is 0 Å². The van der Waals surface area contributed by atoms with Crippen molar-refractivity contribution in [1.82, 2.24) is 20.1 Å². The predicted octanol–water partition coefficient (Wildman–Crippen LogP) is 1.39. The molecule has 1 aromatic heterocycles. The van der Waals surface area contributed by atoms with Gasteiger partial charge in [0, 0.05) is 19.5 Å². The Morgan fingerprint density at radius 3 is 3.07 bits per heavy atom. The van der Waals surface area contributed by atoms with Crippen LogP contribution in [0.5, 0.6) is 0 Å². The smallest absolute Gasteiger partial charge is 0.190 e. The van der Waals surface area contributed by atoms with E-state index in [-0.39, 0.29) is 0 Å². The molecule has 0 saturated carbocycles. The van der Waals surface area contributed by atoms with Gasteiger partial charge in [-0.1, -0.05) is 18.7 Å². The molecule has 1 fully saturated rings. The fourth-order valence-electron chi connectivity index (χ4n) is 2.01. The van der Waals surface area contributed by atoms with Crippen LogP contribution in [-0.2, 0) is 7.05 Å². The van der Waals surface area contributed by atoms with Gasteiger partial charge >= 0.3 is 0 Å². The molecule has 0 radical (unpaired) electrons. The molecule has 5 heteroatoms. The van der Waals surface area contributed by atoms with Crippen molar-refractivity contribution in [3.05, 3.63) is 5.82 Å². The normalized spacial score (nSPS) is 21.9. The second-order valence-corrected chi connectivity index (χ2v) is 5.11. The van der Waals surface area contributed by atoms with Crippen LogP contribution >= 0.6 is 11.8 Å². The van der Waals surface area contributed by atoms with Crippen molar-refractivity contribution in [3.63, 3.8) is 0 Å². The monoisotopic (exact) mass is 226 g/mol. The predicted molar refractivity (Wildman–Crippen MR) is 62.2 cm³/mol. The van der Waals surface area contributed by atoms with Crippen LogP contribution in [0, 0.1) is 0 Å². The molecule has 0 unspecified atom stereocenters. The summed E-state index contributed by atoms with van der Waals surface area (Å²) in [6.07, 6.45) is 2.48. The minimum atomic E-state index is 0.544. The van der Waals surface area contributed by atoms with E-state index in [0.717, 1.165) is 29.8 Å². The molecule has 1 aliphatic heterocycles. The summed E-state index contributed by atoms with van der Waals surface area (Å²) in [6.45, 7) is 4.33. The third kappa shape index (κ3) is 2.34. The molecule has 0 bridgehead atoms. The SMILES string of the molecule is CCSc1nnc([C@H]2CCCNC2)n1C. The van der Waals surface area contributed by atoms with E-state index in [1.165, 1.54) is 12.8 Å². The Balaban J connectivity index is 2.13. The minimum absolute atomic E-state index is 0.544. The highest BCUT2D eigenvalue weighted by Crippen LogP contribution is 2.24. The van der Waals surface area contributed by atoms with Gasteiger partial charge in [-0.25, -0.2) is 0 Å². The Morgan fingerprint density at radius 1 is 1.53 bits per heavy atom. The van der Waals surface area contributed by atoms with Crippen LogP contribution in [0.4, 0.5) is 0 Å². The highest BCUT2D eigenvalue weighted by atomic mass is 32.2. The average molecular weight is 226 g/mol. The maximum absolute atomic E-state index is 4.31. The molecule has 0 amide bonds. The Bertz CT molecular complexity index is 317. The second kappa shape index (κ2) is 4.99. The molecule has 1 aromatic rings. The standard InChI is InChI=1S/C10H18N4S/c1-3-15-10-13-12-9(14(10)2)8-5-4-6-11-7-8/h8,11H,3-7H2,1-2H3/t8-/m0/s1. The Hall–Kier alpha value is -0.550. The summed E-state index contributed by atoms with van der Waals surface area (Å²) in [5.74, 6) is 2.73. The largest absolute Gasteiger partial charge is 0.316 e. The first kappa shape index (κ1) is 11.0. The van der Waals surface area contributed by atoms with Crippen molar-refractivity contribution in [2.24, 2.45) is 7.05 Å². The van der Waals surface area contributed by atoms with Crippen molar-refractivity contribution < 1.29 is 0 Å². The van der Waals surface area contributed by atoms with Gasteiger partial charge in [0.05, 0.1) is 0 Å². The van der Waals surface area contributed by atoms with E-state index in [1.54, 1.807) is 11.8 Å². The average Bonchev–Trinajstić information content (AvgIpc) is 2.63. The maximum atomic E-state index is 4.31. The summed E-state index contributed by atoms with van der Waals surface area (Å²) >= 11 is 1.76. The van der Waals surface area contributed by atoms with E-state index in [9.17, 15) is 0 Å². The topological polar surface area (TPSA) is 42.7 Å². The molecule has 2 rings (SSSR count). The molecule has 84 valence electrons. The van der Waals surface area contributed by atoms with Crippen LogP contribution in [0.3, 0.4) is 0 Å². The minimum Gasteiger partial charge on any atom is -0.316 e. The number of hydrogen-bond acceptors (Lipinski definition) is 4. The first-order valence-electron chi connectivity index (χ1n) is 5.55. The van der Waals surface area contributed by atoms with Gasteiger partial charge in [0.1, 0.15) is 5.82 Å². The van der Waals surface area contributed by atoms with E-state index in [1.807, 2.05) is 0 Å². The number of rotatable bonds is 3. The summed E-state index contributed by atoms with van der Waals surface area (Å²) in [5, 5.41) is 13.0. The summed E-state index contributed by atoms with van der Waals surface area (Å²) in [4.78, 5) is 0. The summed E-state index contributed by atoms with van der Waals surface area (Å²) in [6, 6.07) is 0. The van der Waals surface area contributed by atoms with E-state index in [2.05, 4.69) is 34.1 Å². The van der Waals surface area contributed by atoms with Gasteiger partial charge in [0.25, 0.3) is 0 Å². The van der Waals surface area contributed by atoms with Crippen LogP contribution in [0.2, 0.25) is 0 Å². The van der Waals surface area contributed by atoms with E-state index >= 15 is 0 Å². The molecular weight excluding hydrogens is 208 g/mol. The van der Waals surface area contributed by atoms with Crippen LogP contribution in [0.15, 0.2) is 5.16 Å². The lowest BCUT2D eigenvalue weighted by Gasteiger charge is -2.21. The zero-order valence-electron chi connectivity index (χ0n) is 9.36. The van der Waals surface area contributed by atoms with Gasteiger partial charge in [-0.3, -0.25) is 0 Å². The molecule has 1 saturated heterocycles. The van der Waals surface area contributed by atoms with Crippen molar-refractivity contribution in [3.8, 4) is 0 Å². The molecular formula is C10H18N4S. The van der Waals surface area contributed by atoms with Crippen LogP contribution < -0.4 is 5.32 Å². The molecule has 0 spiro atoms. The fraction of sp³-hybridized carbons (Fsp3) is 0.800. The third-order valence-electron chi connectivity index (χ3n) is 2.80. The molecule has 1 aliphatic rings. The molecule has 0 aromatic carbocycles. The molecule has 1 atom stereocenters. The second-order valence-electron chi connectivity index (χ2n) is 3.88. The molecule has 0 aliphatic carbocycles. The van der Waals surface area contributed by atoms with E-state index in [4.69, 9.17) is 0 Å². The first-order valence-corrected chi connectivity index (χ1v) is 6.54. The van der Waals surface area contributed by atoms with Crippen LogP contribution in [-0.4, -0.2) is 33.6 Å². The zero-order chi connectivity index (χ0) is 10.7. The molecule has 1 N–H and O–H groups in total. The maximum Gasteiger partial charge on any atom is 0.190 e. The van der Waals surface area contributed by atoms with Gasteiger partial charge in [-0.2, -0.15) is 0 Å². The van der Waals surface area contributed by atoms with E-state index in [0.29, 0.717) is 5.92 Å². The lowest BCUT2D eigenvalue weighted by Crippen LogP contribution is -2.29.